The molecule has 33 heavy (non-hydrogen) atoms. The molecule has 3 aromatic heterocycles. The van der Waals surface area contributed by atoms with Crippen molar-refractivity contribution in [2.45, 2.75) is 0 Å². The van der Waals surface area contributed by atoms with Gasteiger partial charge < -0.3 is 14.7 Å². The van der Waals surface area contributed by atoms with E-state index in [2.05, 4.69) is 56.3 Å². The average molecular weight is 483 g/mol. The summed E-state index contributed by atoms with van der Waals surface area (Å²) < 4.78 is 4.89. The van der Waals surface area contributed by atoms with Crippen LogP contribution >= 0.6 is 0 Å². The van der Waals surface area contributed by atoms with E-state index in [-0.39, 0.29) is 19.5 Å². The van der Waals surface area contributed by atoms with Crippen LogP contribution in [0.1, 0.15) is 22.8 Å². The number of ether oxygens (including phenoxy) is 1. The molecule has 4 aromatic rings. The molecule has 0 fully saturated rings. The molecule has 0 amide bonds. The molecule has 2 N–H and O–H groups in total. The van der Waals surface area contributed by atoms with Crippen LogP contribution in [0.5, 0.6) is 5.75 Å². The molecule has 8 bridgehead atoms. The molecule has 0 radical (unpaired) electrons. The van der Waals surface area contributed by atoms with E-state index in [0.29, 0.717) is 0 Å². The van der Waals surface area contributed by atoms with Gasteiger partial charge in [-0.05, 0) is 72.8 Å². The molecule has 0 atom stereocenters. The number of nitrogens with one attached hydrogen (secondary N) is 2. The molecule has 6 rings (SSSR count). The summed E-state index contributed by atoms with van der Waals surface area (Å²) in [6.07, 6.45) is 8.05. The fourth-order valence-electron chi connectivity index (χ4n) is 3.45. The molecule has 2 aliphatic rings. The number of benzene rings is 1. The van der Waals surface area contributed by atoms with Gasteiger partial charge in [0.1, 0.15) is 0 Å². The molecular formula is C27H21N4OZn-. The van der Waals surface area contributed by atoms with Crippen LogP contribution in [0.25, 0.3) is 46.4 Å². The summed E-state index contributed by atoms with van der Waals surface area (Å²) >= 11 is 0. The Kier molecular flexibility index (Phi) is 6.96. The number of fused-ring (bicyclic) bond motifs is 8. The summed E-state index contributed by atoms with van der Waals surface area (Å²) in [5, 5.41) is 0. The van der Waals surface area contributed by atoms with E-state index in [1.54, 1.807) is 7.11 Å². The van der Waals surface area contributed by atoms with Crippen LogP contribution in [-0.2, 0) is 19.5 Å². The number of H-pyrrole nitrogens is 2. The minimum atomic E-state index is 0. The summed E-state index contributed by atoms with van der Waals surface area (Å²) in [4.78, 5) is 16.0. The smallest absolute Gasteiger partial charge is 0.0743 e. The number of aromatic amines is 2. The van der Waals surface area contributed by atoms with Crippen LogP contribution in [-0.4, -0.2) is 27.0 Å². The predicted octanol–water partition coefficient (Wildman–Crippen LogP) is 6.15. The van der Waals surface area contributed by atoms with E-state index in [4.69, 9.17) is 4.74 Å². The van der Waals surface area contributed by atoms with Crippen molar-refractivity contribution in [2.75, 3.05) is 7.11 Å². The maximum Gasteiger partial charge on any atom is 0.0743 e. The molecule has 158 valence electrons. The Morgan fingerprint density at radius 3 is 1.45 bits per heavy atom. The number of hydrogen-bond acceptors (Lipinski definition) is 3. The van der Waals surface area contributed by atoms with Crippen LogP contribution in [0.4, 0.5) is 0 Å². The van der Waals surface area contributed by atoms with Crippen molar-refractivity contribution in [3.8, 4) is 5.75 Å². The first kappa shape index (κ1) is 22.4. The Morgan fingerprint density at radius 1 is 0.606 bits per heavy atom. The second-order valence-corrected chi connectivity index (χ2v) is 7.34. The van der Waals surface area contributed by atoms with Gasteiger partial charge in [-0.3, -0.25) is 0 Å². The topological polar surface area (TPSA) is 66.6 Å². The van der Waals surface area contributed by atoms with Gasteiger partial charge in [0.2, 0.25) is 0 Å². The van der Waals surface area contributed by atoms with E-state index in [9.17, 15) is 0 Å². The van der Waals surface area contributed by atoms with E-state index in [0.717, 1.165) is 50.6 Å². The first-order valence-electron chi connectivity index (χ1n) is 10.3. The third kappa shape index (κ3) is 5.73. The minimum absolute atomic E-state index is 0. The van der Waals surface area contributed by atoms with Crippen LogP contribution in [0, 0.1) is 6.07 Å². The van der Waals surface area contributed by atoms with Gasteiger partial charge in [0, 0.05) is 47.3 Å². The third-order valence-corrected chi connectivity index (χ3v) is 4.97. The average Bonchev–Trinajstić information content (AvgIpc) is 3.61. The fourth-order valence-corrected chi connectivity index (χ4v) is 3.45. The van der Waals surface area contributed by atoms with Crippen molar-refractivity contribution < 1.29 is 24.2 Å². The second-order valence-electron chi connectivity index (χ2n) is 7.34. The van der Waals surface area contributed by atoms with Gasteiger partial charge in [0.25, 0.3) is 0 Å². The zero-order valence-electron chi connectivity index (χ0n) is 18.2. The zero-order valence-corrected chi connectivity index (χ0v) is 21.2. The molecule has 0 unspecified atom stereocenters. The molecule has 0 saturated carbocycles. The number of hydrogen-bond donors (Lipinski definition) is 2. The van der Waals surface area contributed by atoms with Gasteiger partial charge in [0.05, 0.1) is 29.9 Å². The van der Waals surface area contributed by atoms with Crippen molar-refractivity contribution in [2.24, 2.45) is 0 Å². The van der Waals surface area contributed by atoms with E-state index in [1.165, 1.54) is 0 Å². The summed E-state index contributed by atoms with van der Waals surface area (Å²) in [5.74, 6) is 0.878. The van der Waals surface area contributed by atoms with Crippen molar-refractivity contribution in [3.63, 3.8) is 0 Å². The largest absolute Gasteiger partial charge is 0.522 e. The normalized spacial score (nSPS) is 11.3. The maximum absolute atomic E-state index is 4.89. The standard InChI is InChI=1S/C20H14N4.C7H7O.Zn/c1-2-14-10-16-5-6-18(23-16)12-20-8-7-19(24-20)11-17-4-3-15(22-17)9-13(1)21-14;1-8-7-5-3-2-4-6-7;/h1-12,21-22H;3-6H,1H3;/q;-1;. The Hall–Kier alpha value is -3.76. The molecule has 0 aliphatic carbocycles. The van der Waals surface area contributed by atoms with Gasteiger partial charge in [-0.1, -0.05) is 0 Å². The van der Waals surface area contributed by atoms with Gasteiger partial charge in [-0.15, -0.1) is 12.1 Å². The molecule has 1 aromatic carbocycles. The minimum Gasteiger partial charge on any atom is -0.522 e. The van der Waals surface area contributed by atoms with Gasteiger partial charge in [-0.25, -0.2) is 9.97 Å². The predicted molar refractivity (Wildman–Crippen MR) is 131 cm³/mol. The van der Waals surface area contributed by atoms with Crippen molar-refractivity contribution in [1.82, 2.24) is 19.9 Å². The number of methoxy groups -OCH3 is 1. The molecule has 6 heteroatoms. The first-order valence-corrected chi connectivity index (χ1v) is 10.3. The maximum atomic E-state index is 4.89. The summed E-state index contributed by atoms with van der Waals surface area (Å²) in [6.45, 7) is 0. The molecule has 0 spiro atoms. The van der Waals surface area contributed by atoms with Crippen LogP contribution in [0.3, 0.4) is 0 Å². The monoisotopic (exact) mass is 481 g/mol. The van der Waals surface area contributed by atoms with E-state index in [1.807, 2.05) is 66.8 Å². The molecule has 0 saturated heterocycles. The number of rotatable bonds is 1. The Bertz CT molecular complexity index is 1380. The van der Waals surface area contributed by atoms with Gasteiger partial charge in [0.15, 0.2) is 0 Å². The number of aromatic nitrogens is 4. The van der Waals surface area contributed by atoms with E-state index >= 15 is 0 Å². The Labute approximate surface area is 204 Å². The van der Waals surface area contributed by atoms with Gasteiger partial charge >= 0.3 is 0 Å². The van der Waals surface area contributed by atoms with Crippen molar-refractivity contribution >= 4 is 46.4 Å². The van der Waals surface area contributed by atoms with Gasteiger partial charge in [-0.2, -0.15) is 18.2 Å². The van der Waals surface area contributed by atoms with Crippen LogP contribution in [0.2, 0.25) is 0 Å². The van der Waals surface area contributed by atoms with Crippen LogP contribution in [0.15, 0.2) is 72.8 Å². The first-order chi connectivity index (χ1) is 15.7. The Morgan fingerprint density at radius 2 is 1.03 bits per heavy atom. The third-order valence-electron chi connectivity index (χ3n) is 4.97. The fraction of sp³-hybridized carbons (Fsp3) is 0.0370. The molecule has 5 nitrogen and oxygen atoms in total. The number of nitrogens with zero attached hydrogens (tertiary/aromatic N) is 2. The second kappa shape index (κ2) is 10.2. The molecule has 5 heterocycles. The van der Waals surface area contributed by atoms with Crippen LogP contribution < -0.4 is 4.74 Å². The van der Waals surface area contributed by atoms with E-state index < -0.39 is 0 Å². The van der Waals surface area contributed by atoms with Crippen molar-refractivity contribution in [1.29, 1.82) is 0 Å². The summed E-state index contributed by atoms with van der Waals surface area (Å²) in [7, 11) is 1.65. The Balaban J connectivity index is 0.000000247. The quantitative estimate of drug-likeness (QED) is 0.218. The SMILES string of the molecule is C1=Cc2cc3ccc(cc4ccc(cc5nc(cc1n2)C=C5)[nH]4)[nH]3.COc1cc[c-]cc1.[Zn]. The molecule has 2 aliphatic heterocycles. The summed E-state index contributed by atoms with van der Waals surface area (Å²) in [6, 6.07) is 26.7. The molecular weight excluding hydrogens is 462 g/mol. The summed E-state index contributed by atoms with van der Waals surface area (Å²) in [5.41, 5.74) is 7.86. The van der Waals surface area contributed by atoms with Crippen molar-refractivity contribution in [3.05, 3.63) is 102 Å². The zero-order chi connectivity index (χ0) is 21.8.